The van der Waals surface area contributed by atoms with Crippen molar-refractivity contribution in [3.8, 4) is 0 Å². The van der Waals surface area contributed by atoms with E-state index >= 15 is 0 Å². The van der Waals surface area contributed by atoms with Crippen LogP contribution in [0.3, 0.4) is 0 Å². The highest BCUT2D eigenvalue weighted by Crippen LogP contribution is 2.64. The van der Waals surface area contributed by atoms with Gasteiger partial charge in [-0.25, -0.2) is 4.98 Å². The van der Waals surface area contributed by atoms with E-state index in [9.17, 15) is 0 Å². The molecule has 1 aliphatic carbocycles. The molecule has 1 aromatic heterocycles. The Labute approximate surface area is 99.8 Å². The van der Waals surface area contributed by atoms with Gasteiger partial charge >= 0.3 is 0 Å². The van der Waals surface area contributed by atoms with Gasteiger partial charge in [-0.05, 0) is 23.5 Å². The molecule has 0 bridgehead atoms. The zero-order valence-electron chi connectivity index (χ0n) is 8.85. The molecular weight excluding hydrogens is 231 g/mol. The van der Waals surface area contributed by atoms with Crippen LogP contribution in [0.15, 0.2) is 12.3 Å². The Morgan fingerprint density at radius 2 is 2.07 bits per heavy atom. The van der Waals surface area contributed by atoms with Crippen molar-refractivity contribution >= 4 is 23.2 Å². The van der Waals surface area contributed by atoms with Gasteiger partial charge in [0.1, 0.15) is 5.15 Å². The van der Waals surface area contributed by atoms with Gasteiger partial charge in [-0.15, -0.1) is 0 Å². The predicted octanol–water partition coefficient (Wildman–Crippen LogP) is 3.01. The second kappa shape index (κ2) is 3.34. The van der Waals surface area contributed by atoms with E-state index in [-0.39, 0.29) is 10.8 Å². The zero-order valence-corrected chi connectivity index (χ0v) is 10.4. The first-order valence-corrected chi connectivity index (χ1v) is 5.70. The summed E-state index contributed by atoms with van der Waals surface area (Å²) >= 11 is 12.0. The number of halogens is 2. The van der Waals surface area contributed by atoms with Crippen molar-refractivity contribution in [2.45, 2.75) is 25.7 Å². The summed E-state index contributed by atoms with van der Waals surface area (Å²) in [6.07, 6.45) is 2.81. The Kier molecular flexibility index (Phi) is 2.49. The average molecular weight is 245 g/mol. The number of aromatic nitrogens is 1. The molecule has 82 valence electrons. The smallest absolute Gasteiger partial charge is 0.130 e. The third-order valence-electron chi connectivity index (χ3n) is 3.60. The lowest BCUT2D eigenvalue weighted by atomic mass is 9.89. The molecule has 4 heteroatoms. The maximum Gasteiger partial charge on any atom is 0.130 e. The monoisotopic (exact) mass is 244 g/mol. The predicted molar refractivity (Wildman–Crippen MR) is 63.4 cm³/mol. The Morgan fingerprint density at radius 1 is 1.47 bits per heavy atom. The van der Waals surface area contributed by atoms with Crippen LogP contribution in [0.1, 0.15) is 25.8 Å². The molecule has 1 aliphatic rings. The fraction of sp³-hybridized carbons (Fsp3) is 0.545. The number of pyridine rings is 1. The zero-order chi connectivity index (χ0) is 11.3. The van der Waals surface area contributed by atoms with Gasteiger partial charge in [0.05, 0.1) is 0 Å². The Hall–Kier alpha value is -0.310. The first-order chi connectivity index (χ1) is 6.93. The first-order valence-electron chi connectivity index (χ1n) is 4.94. The molecule has 1 aromatic rings. The van der Waals surface area contributed by atoms with Crippen LogP contribution in [0, 0.1) is 5.41 Å². The third-order valence-corrected chi connectivity index (χ3v) is 4.12. The van der Waals surface area contributed by atoms with Crippen molar-refractivity contribution in [3.63, 3.8) is 0 Å². The Bertz CT molecular complexity index is 404. The van der Waals surface area contributed by atoms with Crippen LogP contribution >= 0.6 is 23.2 Å². The second-order valence-corrected chi connectivity index (χ2v) is 5.63. The molecule has 2 nitrogen and oxygen atoms in total. The van der Waals surface area contributed by atoms with Gasteiger partial charge in [-0.1, -0.05) is 37.0 Å². The quantitative estimate of drug-likeness (QED) is 0.813. The molecule has 1 atom stereocenters. The van der Waals surface area contributed by atoms with Crippen molar-refractivity contribution in [3.05, 3.63) is 28.0 Å². The Morgan fingerprint density at radius 3 is 2.47 bits per heavy atom. The fourth-order valence-electron chi connectivity index (χ4n) is 2.39. The van der Waals surface area contributed by atoms with Crippen LogP contribution in [0.4, 0.5) is 0 Å². The van der Waals surface area contributed by atoms with Gasteiger partial charge in [0, 0.05) is 23.2 Å². The molecule has 0 saturated heterocycles. The van der Waals surface area contributed by atoms with Crippen molar-refractivity contribution in [2.24, 2.45) is 11.1 Å². The van der Waals surface area contributed by atoms with Crippen LogP contribution in [0.5, 0.6) is 0 Å². The summed E-state index contributed by atoms with van der Waals surface area (Å²) in [7, 11) is 0. The minimum absolute atomic E-state index is 0.0122. The Balaban J connectivity index is 2.46. The first kappa shape index (κ1) is 11.2. The number of rotatable bonds is 2. The third kappa shape index (κ3) is 1.55. The van der Waals surface area contributed by atoms with E-state index in [1.165, 1.54) is 0 Å². The average Bonchev–Trinajstić information content (AvgIpc) is 2.69. The van der Waals surface area contributed by atoms with Gasteiger partial charge in [0.25, 0.3) is 0 Å². The van der Waals surface area contributed by atoms with Crippen LogP contribution in [-0.4, -0.2) is 11.5 Å². The van der Waals surface area contributed by atoms with E-state index in [2.05, 4.69) is 18.8 Å². The molecule has 0 aromatic carbocycles. The summed E-state index contributed by atoms with van der Waals surface area (Å²) in [6, 6.07) is 1.68. The highest BCUT2D eigenvalue weighted by Gasteiger charge is 2.61. The van der Waals surface area contributed by atoms with Gasteiger partial charge in [0.2, 0.25) is 0 Å². The lowest BCUT2D eigenvalue weighted by Crippen LogP contribution is -2.25. The van der Waals surface area contributed by atoms with E-state index < -0.39 is 0 Å². The molecule has 0 spiro atoms. The normalized spacial score (nSPS) is 27.8. The number of nitrogens with two attached hydrogens (primary N) is 1. The SMILES string of the molecule is CC1(C)CC1(CN)c1cnc(Cl)cc1Cl. The number of nitrogens with zero attached hydrogens (tertiary/aromatic N) is 1. The van der Waals surface area contributed by atoms with Crippen LogP contribution in [-0.2, 0) is 5.41 Å². The van der Waals surface area contributed by atoms with Crippen LogP contribution in [0.25, 0.3) is 0 Å². The summed E-state index contributed by atoms with van der Waals surface area (Å²) in [4.78, 5) is 4.09. The molecule has 0 radical (unpaired) electrons. The highest BCUT2D eigenvalue weighted by molar-refractivity contribution is 6.34. The van der Waals surface area contributed by atoms with E-state index in [4.69, 9.17) is 28.9 Å². The lowest BCUT2D eigenvalue weighted by Gasteiger charge is -2.19. The van der Waals surface area contributed by atoms with Gasteiger partial charge in [-0.3, -0.25) is 0 Å². The van der Waals surface area contributed by atoms with Crippen LogP contribution in [0.2, 0.25) is 10.2 Å². The summed E-state index contributed by atoms with van der Waals surface area (Å²) in [5.74, 6) is 0. The molecular formula is C11H14Cl2N2. The highest BCUT2D eigenvalue weighted by atomic mass is 35.5. The number of hydrogen-bond donors (Lipinski definition) is 1. The second-order valence-electron chi connectivity index (χ2n) is 4.83. The molecule has 2 rings (SSSR count). The van der Waals surface area contributed by atoms with E-state index in [0.717, 1.165) is 12.0 Å². The van der Waals surface area contributed by atoms with Crippen molar-refractivity contribution in [2.75, 3.05) is 6.54 Å². The summed E-state index contributed by atoms with van der Waals surface area (Å²) < 4.78 is 0. The molecule has 1 saturated carbocycles. The molecule has 1 heterocycles. The summed E-state index contributed by atoms with van der Waals surface area (Å²) in [6.45, 7) is 5.00. The van der Waals surface area contributed by atoms with Gasteiger partial charge in [0.15, 0.2) is 0 Å². The van der Waals surface area contributed by atoms with Gasteiger partial charge < -0.3 is 5.73 Å². The summed E-state index contributed by atoms with van der Waals surface area (Å²) in [5.41, 5.74) is 7.09. The van der Waals surface area contributed by atoms with Crippen LogP contribution < -0.4 is 5.73 Å². The molecule has 0 amide bonds. The fourth-order valence-corrected chi connectivity index (χ4v) is 2.93. The van der Waals surface area contributed by atoms with Crippen molar-refractivity contribution in [1.29, 1.82) is 0 Å². The van der Waals surface area contributed by atoms with Crippen molar-refractivity contribution < 1.29 is 0 Å². The van der Waals surface area contributed by atoms with E-state index in [0.29, 0.717) is 16.7 Å². The van der Waals surface area contributed by atoms with E-state index in [1.807, 2.05) is 0 Å². The van der Waals surface area contributed by atoms with Gasteiger partial charge in [-0.2, -0.15) is 0 Å². The molecule has 15 heavy (non-hydrogen) atoms. The minimum Gasteiger partial charge on any atom is -0.330 e. The van der Waals surface area contributed by atoms with Crippen molar-refractivity contribution in [1.82, 2.24) is 4.98 Å². The maximum absolute atomic E-state index is 6.18. The summed E-state index contributed by atoms with van der Waals surface area (Å²) in [5, 5.41) is 1.10. The topological polar surface area (TPSA) is 38.9 Å². The largest absolute Gasteiger partial charge is 0.330 e. The maximum atomic E-state index is 6.18. The number of hydrogen-bond acceptors (Lipinski definition) is 2. The standard InChI is InChI=1S/C11H14Cl2N2/c1-10(2)5-11(10,6-14)7-4-15-9(13)3-8(7)12/h3-4H,5-6,14H2,1-2H3. The molecule has 2 N–H and O–H groups in total. The van der Waals surface area contributed by atoms with E-state index in [1.54, 1.807) is 12.3 Å². The lowest BCUT2D eigenvalue weighted by molar-refractivity contribution is 0.502. The molecule has 1 unspecified atom stereocenters. The molecule has 1 fully saturated rings. The molecule has 0 aliphatic heterocycles. The minimum atomic E-state index is -0.0122.